The number of hydrogen-bond acceptors (Lipinski definition) is 9. The van der Waals surface area contributed by atoms with Gasteiger partial charge in [0.15, 0.2) is 0 Å². The number of amides is 1. The lowest BCUT2D eigenvalue weighted by molar-refractivity contribution is -0.152. The Morgan fingerprint density at radius 3 is 1.55 bits per heavy atom. The van der Waals surface area contributed by atoms with Crippen LogP contribution in [0.2, 0.25) is 0 Å². The van der Waals surface area contributed by atoms with Gasteiger partial charge in [-0.25, -0.2) is 4.57 Å². The Labute approximate surface area is 299 Å². The van der Waals surface area contributed by atoms with E-state index in [1.807, 2.05) is 0 Å². The molecule has 10 nitrogen and oxygen atoms in total. The van der Waals surface area contributed by atoms with Crippen molar-refractivity contribution in [2.75, 3.05) is 40.6 Å². The molecule has 2 unspecified atom stereocenters. The number of carbonyl (C=O) groups is 3. The molecule has 0 spiro atoms. The number of esters is 1. The zero-order valence-corrected chi connectivity index (χ0v) is 32.8. The molecule has 49 heavy (non-hydrogen) atoms. The van der Waals surface area contributed by atoms with Gasteiger partial charge in [0.2, 0.25) is 5.91 Å². The summed E-state index contributed by atoms with van der Waals surface area (Å²) in [5.74, 6) is -0.557. The third-order valence-corrected chi connectivity index (χ3v) is 10.1. The summed E-state index contributed by atoms with van der Waals surface area (Å²) in [5, 5.41) is 2.57. The van der Waals surface area contributed by atoms with Gasteiger partial charge in [0.05, 0.1) is 13.2 Å². The molecule has 0 bridgehead atoms. The fourth-order valence-corrected chi connectivity index (χ4v) is 6.58. The molecule has 1 amide bonds. The predicted octanol–water partition coefficient (Wildman–Crippen LogP) is 10.2. The van der Waals surface area contributed by atoms with Gasteiger partial charge >= 0.3 is 13.8 Å². The molecule has 11 heteroatoms. The molecule has 1 N–H and O–H groups in total. The van der Waals surface area contributed by atoms with E-state index in [9.17, 15) is 18.9 Å². The summed E-state index contributed by atoms with van der Waals surface area (Å²) in [7, 11) is -1.35. The summed E-state index contributed by atoms with van der Waals surface area (Å²) in [6, 6.07) is 0. The standard InChI is InChI=1S/C38H74NO9P/c1-5-7-9-11-13-15-17-19-21-23-25-27-35(40)29-30-36(33-47-49(43,45-4)46-32-31-39-37(41)34-44-3)48-38(42)28-26-24-22-20-18-16-14-12-10-8-6-2/h36H,5-34H2,1-4H3,(H,39,41). The Balaban J connectivity index is 4.60. The normalized spacial score (nSPS) is 13.2. The summed E-state index contributed by atoms with van der Waals surface area (Å²) in [6.45, 7) is 4.13. The molecule has 0 aliphatic rings. The topological polar surface area (TPSA) is 126 Å². The van der Waals surface area contributed by atoms with E-state index < -0.39 is 13.9 Å². The van der Waals surface area contributed by atoms with Crippen LogP contribution in [0.4, 0.5) is 0 Å². The van der Waals surface area contributed by atoms with Gasteiger partial charge in [-0.3, -0.25) is 28.0 Å². The number of Topliss-reactive ketones (excluding diaryl/α,β-unsaturated/α-hetero) is 1. The highest BCUT2D eigenvalue weighted by Crippen LogP contribution is 2.48. The maximum Gasteiger partial charge on any atom is 0.474 e. The van der Waals surface area contributed by atoms with Gasteiger partial charge in [0.1, 0.15) is 18.5 Å². The van der Waals surface area contributed by atoms with Crippen LogP contribution in [-0.4, -0.2) is 64.3 Å². The summed E-state index contributed by atoms with van der Waals surface area (Å²) in [4.78, 5) is 37.0. The minimum absolute atomic E-state index is 0.0871. The number of rotatable bonds is 38. The van der Waals surface area contributed by atoms with Gasteiger partial charge < -0.3 is 14.8 Å². The molecule has 0 heterocycles. The third kappa shape index (κ3) is 32.3. The van der Waals surface area contributed by atoms with E-state index in [1.54, 1.807) is 0 Å². The quantitative estimate of drug-likeness (QED) is 0.0377. The predicted molar refractivity (Wildman–Crippen MR) is 198 cm³/mol. The largest absolute Gasteiger partial charge is 0.474 e. The van der Waals surface area contributed by atoms with Crippen molar-refractivity contribution in [2.45, 2.75) is 187 Å². The second-order valence-electron chi connectivity index (χ2n) is 13.3. The van der Waals surface area contributed by atoms with Crippen molar-refractivity contribution in [1.82, 2.24) is 5.32 Å². The fourth-order valence-electron chi connectivity index (χ4n) is 5.64. The van der Waals surface area contributed by atoms with Crippen molar-refractivity contribution in [3.8, 4) is 0 Å². The Bertz CT molecular complexity index is 842. The van der Waals surface area contributed by atoms with E-state index in [4.69, 9.17) is 23.0 Å². The van der Waals surface area contributed by atoms with Crippen LogP contribution >= 0.6 is 7.82 Å². The molecular formula is C38H74NO9P. The number of carbonyl (C=O) groups excluding carboxylic acids is 3. The van der Waals surface area contributed by atoms with Crippen LogP contribution in [0.15, 0.2) is 0 Å². The van der Waals surface area contributed by atoms with Crippen LogP contribution in [-0.2, 0) is 42.0 Å². The van der Waals surface area contributed by atoms with E-state index in [1.165, 1.54) is 117 Å². The van der Waals surface area contributed by atoms with Crippen molar-refractivity contribution < 1.29 is 42.0 Å². The highest BCUT2D eigenvalue weighted by molar-refractivity contribution is 7.48. The van der Waals surface area contributed by atoms with E-state index >= 15 is 0 Å². The molecule has 0 radical (unpaired) electrons. The number of phosphoric acid groups is 1. The first-order valence-electron chi connectivity index (χ1n) is 19.7. The van der Waals surface area contributed by atoms with E-state index in [2.05, 4.69) is 19.2 Å². The molecule has 0 aromatic carbocycles. The van der Waals surface area contributed by atoms with Gasteiger partial charge in [-0.2, -0.15) is 0 Å². The molecule has 0 saturated heterocycles. The molecule has 0 aromatic rings. The Kier molecular flexibility index (Phi) is 34.2. The van der Waals surface area contributed by atoms with Crippen molar-refractivity contribution in [3.63, 3.8) is 0 Å². The Morgan fingerprint density at radius 2 is 1.08 bits per heavy atom. The molecule has 290 valence electrons. The fraction of sp³-hybridized carbons (Fsp3) is 0.921. The van der Waals surface area contributed by atoms with Crippen molar-refractivity contribution in [1.29, 1.82) is 0 Å². The minimum Gasteiger partial charge on any atom is -0.460 e. The van der Waals surface area contributed by atoms with Crippen LogP contribution in [0.5, 0.6) is 0 Å². The number of nitrogens with one attached hydrogen (secondary N) is 1. The van der Waals surface area contributed by atoms with Gasteiger partial charge in [-0.1, -0.05) is 142 Å². The van der Waals surface area contributed by atoms with Crippen molar-refractivity contribution >= 4 is 25.5 Å². The van der Waals surface area contributed by atoms with Gasteiger partial charge in [0, 0.05) is 40.0 Å². The molecule has 2 atom stereocenters. The first-order chi connectivity index (χ1) is 23.8. The zero-order valence-electron chi connectivity index (χ0n) is 31.9. The second kappa shape index (κ2) is 35.1. The molecule has 0 rings (SSSR count). The van der Waals surface area contributed by atoms with Crippen LogP contribution in [0.25, 0.3) is 0 Å². The Morgan fingerprint density at radius 1 is 0.612 bits per heavy atom. The van der Waals surface area contributed by atoms with Gasteiger partial charge in [-0.15, -0.1) is 0 Å². The number of phosphoric ester groups is 1. The summed E-state index contributed by atoms with van der Waals surface area (Å²) in [5.41, 5.74) is 0. The average molecular weight is 720 g/mol. The number of ether oxygens (including phenoxy) is 2. The molecular weight excluding hydrogens is 645 g/mol. The van der Waals surface area contributed by atoms with Crippen molar-refractivity contribution in [3.05, 3.63) is 0 Å². The average Bonchev–Trinajstić information content (AvgIpc) is 3.09. The molecule has 0 fully saturated rings. The van der Waals surface area contributed by atoms with Crippen LogP contribution in [0.1, 0.15) is 181 Å². The first kappa shape index (κ1) is 47.7. The summed E-state index contributed by atoms with van der Waals surface area (Å²) in [6.07, 6.45) is 27.1. The lowest BCUT2D eigenvalue weighted by Crippen LogP contribution is -2.30. The summed E-state index contributed by atoms with van der Waals surface area (Å²) >= 11 is 0. The number of hydrogen-bond donors (Lipinski definition) is 1. The van der Waals surface area contributed by atoms with E-state index in [0.717, 1.165) is 38.5 Å². The monoisotopic (exact) mass is 720 g/mol. The van der Waals surface area contributed by atoms with E-state index in [0.29, 0.717) is 12.8 Å². The molecule has 0 aliphatic carbocycles. The molecule has 0 aliphatic heterocycles. The third-order valence-electron chi connectivity index (χ3n) is 8.68. The number of unbranched alkanes of at least 4 members (excludes halogenated alkanes) is 20. The summed E-state index contributed by atoms with van der Waals surface area (Å²) < 4.78 is 39.3. The number of ketones is 1. The van der Waals surface area contributed by atoms with E-state index in [-0.39, 0.29) is 56.9 Å². The SMILES string of the molecule is CCCCCCCCCCCCCC(=O)CCC(COP(=O)(OC)OCCNC(=O)COC)OC(=O)CCCCCCCCCCCCC. The van der Waals surface area contributed by atoms with Crippen LogP contribution < -0.4 is 5.32 Å². The van der Waals surface area contributed by atoms with Gasteiger partial charge in [-0.05, 0) is 19.3 Å². The maximum absolute atomic E-state index is 13.0. The Hall–Kier alpha value is -1.32. The zero-order chi connectivity index (χ0) is 36.3. The van der Waals surface area contributed by atoms with Gasteiger partial charge in [0.25, 0.3) is 0 Å². The van der Waals surface area contributed by atoms with Crippen LogP contribution in [0.3, 0.4) is 0 Å². The highest BCUT2D eigenvalue weighted by atomic mass is 31.2. The molecule has 0 aromatic heterocycles. The number of methoxy groups -OCH3 is 1. The van der Waals surface area contributed by atoms with Crippen LogP contribution in [0, 0.1) is 0 Å². The highest BCUT2D eigenvalue weighted by Gasteiger charge is 2.28. The smallest absolute Gasteiger partial charge is 0.460 e. The van der Waals surface area contributed by atoms with Crippen molar-refractivity contribution in [2.24, 2.45) is 0 Å². The minimum atomic E-state index is -3.97. The first-order valence-corrected chi connectivity index (χ1v) is 21.2. The lowest BCUT2D eigenvalue weighted by atomic mass is 10.0. The second-order valence-corrected chi connectivity index (χ2v) is 15.1. The maximum atomic E-state index is 13.0. The lowest BCUT2D eigenvalue weighted by Gasteiger charge is -2.21. The molecule has 0 saturated carbocycles.